The van der Waals surface area contributed by atoms with Crippen LogP contribution in [0.25, 0.3) is 0 Å². The average Bonchev–Trinajstić information content (AvgIpc) is 2.63. The van der Waals surface area contributed by atoms with Crippen molar-refractivity contribution in [3.8, 4) is 0 Å². The van der Waals surface area contributed by atoms with Crippen LogP contribution in [0.4, 0.5) is 14.5 Å². The number of amides is 1. The summed E-state index contributed by atoms with van der Waals surface area (Å²) < 4.78 is 50.2. The third-order valence-corrected chi connectivity index (χ3v) is 5.75. The molecule has 1 aromatic rings. The maximum atomic E-state index is 13.8. The Balaban J connectivity index is 2.00. The molecule has 2 N–H and O–H groups in total. The van der Waals surface area contributed by atoms with E-state index in [1.165, 1.54) is 4.90 Å². The number of halogens is 2. The van der Waals surface area contributed by atoms with Crippen LogP contribution >= 0.6 is 0 Å². The molecule has 2 aliphatic heterocycles. The van der Waals surface area contributed by atoms with Crippen molar-refractivity contribution in [2.75, 3.05) is 16.4 Å². The molecule has 0 aromatic heterocycles. The van der Waals surface area contributed by atoms with E-state index in [0.717, 1.165) is 6.07 Å². The second-order valence-corrected chi connectivity index (χ2v) is 7.69. The number of sulfone groups is 1. The maximum Gasteiger partial charge on any atom is 0.248 e. The molecule has 0 bridgehead atoms. The van der Waals surface area contributed by atoms with E-state index in [1.807, 2.05) is 0 Å². The molecule has 8 heteroatoms. The van der Waals surface area contributed by atoms with Crippen LogP contribution in [0, 0.1) is 11.6 Å². The molecule has 1 amide bonds. The summed E-state index contributed by atoms with van der Waals surface area (Å²) in [6.07, 6.45) is 0.497. The monoisotopic (exact) mass is 316 g/mol. The van der Waals surface area contributed by atoms with E-state index in [0.29, 0.717) is 6.07 Å². The lowest BCUT2D eigenvalue weighted by Crippen LogP contribution is -2.44. The third kappa shape index (κ3) is 2.32. The minimum atomic E-state index is -3.09. The highest BCUT2D eigenvalue weighted by atomic mass is 32.2. The highest BCUT2D eigenvalue weighted by Crippen LogP contribution is 2.40. The second kappa shape index (κ2) is 4.74. The van der Waals surface area contributed by atoms with Gasteiger partial charge in [-0.15, -0.1) is 0 Å². The Labute approximate surface area is 120 Å². The summed E-state index contributed by atoms with van der Waals surface area (Å²) in [5.74, 6) is -2.23. The summed E-state index contributed by atoms with van der Waals surface area (Å²) in [4.78, 5) is 13.5. The van der Waals surface area contributed by atoms with Gasteiger partial charge in [0.2, 0.25) is 5.91 Å². The van der Waals surface area contributed by atoms with Crippen LogP contribution in [0.1, 0.15) is 24.4 Å². The van der Waals surface area contributed by atoms with E-state index < -0.39 is 39.5 Å². The maximum absolute atomic E-state index is 13.8. The Morgan fingerprint density at radius 2 is 1.81 bits per heavy atom. The SMILES string of the molecule is NC1C(=O)N(C2CCS(=O)(=O)CC2)c2cc(F)cc(F)c21. The number of hydrogen-bond acceptors (Lipinski definition) is 4. The van der Waals surface area contributed by atoms with Crippen molar-refractivity contribution in [1.29, 1.82) is 0 Å². The van der Waals surface area contributed by atoms with Gasteiger partial charge < -0.3 is 10.6 Å². The van der Waals surface area contributed by atoms with Gasteiger partial charge in [0.15, 0.2) is 0 Å². The molecule has 1 atom stereocenters. The fourth-order valence-electron chi connectivity index (χ4n) is 2.98. The number of carbonyl (C=O) groups is 1. The summed E-state index contributed by atoms with van der Waals surface area (Å²) >= 11 is 0. The fourth-order valence-corrected chi connectivity index (χ4v) is 4.45. The first-order chi connectivity index (χ1) is 9.80. The number of carbonyl (C=O) groups excluding carboxylic acids is 1. The highest BCUT2D eigenvalue weighted by molar-refractivity contribution is 7.91. The number of benzene rings is 1. The molecule has 1 unspecified atom stereocenters. The van der Waals surface area contributed by atoms with Crippen LogP contribution in [-0.4, -0.2) is 31.9 Å². The molecule has 0 aliphatic carbocycles. The first kappa shape index (κ1) is 14.4. The Morgan fingerprint density at radius 3 is 2.43 bits per heavy atom. The molecule has 114 valence electrons. The summed E-state index contributed by atoms with van der Waals surface area (Å²) in [5, 5.41) is 0. The molecular formula is C13H14F2N2O3S. The molecule has 0 spiro atoms. The predicted molar refractivity (Wildman–Crippen MR) is 72.4 cm³/mol. The normalized spacial score (nSPS) is 25.2. The third-order valence-electron chi connectivity index (χ3n) is 4.04. The molecule has 0 radical (unpaired) electrons. The highest BCUT2D eigenvalue weighted by Gasteiger charge is 2.42. The molecule has 1 aromatic carbocycles. The predicted octanol–water partition coefficient (Wildman–Crippen LogP) is 0.888. The Bertz CT molecular complexity index is 706. The zero-order valence-electron chi connectivity index (χ0n) is 11.1. The van der Waals surface area contributed by atoms with E-state index in [4.69, 9.17) is 5.73 Å². The van der Waals surface area contributed by atoms with Crippen molar-refractivity contribution in [3.63, 3.8) is 0 Å². The van der Waals surface area contributed by atoms with Crippen molar-refractivity contribution in [3.05, 3.63) is 29.3 Å². The lowest BCUT2D eigenvalue weighted by molar-refractivity contribution is -0.119. The van der Waals surface area contributed by atoms with Gasteiger partial charge in [-0.25, -0.2) is 17.2 Å². The molecule has 21 heavy (non-hydrogen) atoms. The van der Waals surface area contributed by atoms with Crippen molar-refractivity contribution in [1.82, 2.24) is 0 Å². The van der Waals surface area contributed by atoms with E-state index in [1.54, 1.807) is 0 Å². The van der Waals surface area contributed by atoms with Gasteiger partial charge in [-0.2, -0.15) is 0 Å². The van der Waals surface area contributed by atoms with Crippen LogP contribution in [0.2, 0.25) is 0 Å². The summed E-state index contributed by atoms with van der Waals surface area (Å²) in [6.45, 7) is 0. The standard InChI is InChI=1S/C13H14F2N2O3S/c14-7-5-9(15)11-10(6-7)17(13(18)12(11)16)8-1-3-21(19,20)4-2-8/h5-6,8,12H,1-4,16H2. The molecule has 0 saturated carbocycles. The van der Waals surface area contributed by atoms with Gasteiger partial charge in [0, 0.05) is 17.7 Å². The van der Waals surface area contributed by atoms with Crippen LogP contribution < -0.4 is 10.6 Å². The first-order valence-electron chi connectivity index (χ1n) is 6.58. The van der Waals surface area contributed by atoms with Crippen LogP contribution in [-0.2, 0) is 14.6 Å². The molecule has 2 heterocycles. The van der Waals surface area contributed by atoms with Gasteiger partial charge in [0.25, 0.3) is 0 Å². The second-order valence-electron chi connectivity index (χ2n) is 5.39. The zero-order chi connectivity index (χ0) is 15.4. The van der Waals surface area contributed by atoms with Gasteiger partial charge in [-0.05, 0) is 18.9 Å². The van der Waals surface area contributed by atoms with Crippen molar-refractivity contribution in [2.24, 2.45) is 5.73 Å². The molecule has 1 saturated heterocycles. The Kier molecular flexibility index (Phi) is 3.25. The lowest BCUT2D eigenvalue weighted by atomic mass is 10.1. The molecule has 2 aliphatic rings. The summed E-state index contributed by atoms with van der Waals surface area (Å²) in [6, 6.07) is 0.209. The van der Waals surface area contributed by atoms with Crippen LogP contribution in [0.3, 0.4) is 0 Å². The smallest absolute Gasteiger partial charge is 0.248 e. The number of nitrogens with zero attached hydrogens (tertiary/aromatic N) is 1. The van der Waals surface area contributed by atoms with Crippen LogP contribution in [0.5, 0.6) is 0 Å². The fraction of sp³-hybridized carbons (Fsp3) is 0.462. The van der Waals surface area contributed by atoms with E-state index >= 15 is 0 Å². The average molecular weight is 316 g/mol. The zero-order valence-corrected chi connectivity index (χ0v) is 11.9. The largest absolute Gasteiger partial charge is 0.316 e. The first-order valence-corrected chi connectivity index (χ1v) is 8.40. The Hall–Kier alpha value is -1.54. The molecular weight excluding hydrogens is 302 g/mol. The van der Waals surface area contributed by atoms with E-state index in [-0.39, 0.29) is 35.6 Å². The van der Waals surface area contributed by atoms with Gasteiger partial charge in [-0.1, -0.05) is 0 Å². The number of nitrogens with two attached hydrogens (primary N) is 1. The molecule has 1 fully saturated rings. The minimum Gasteiger partial charge on any atom is -0.316 e. The van der Waals surface area contributed by atoms with Gasteiger partial charge in [-0.3, -0.25) is 4.79 Å². The molecule has 5 nitrogen and oxygen atoms in total. The van der Waals surface area contributed by atoms with E-state index in [2.05, 4.69) is 0 Å². The van der Waals surface area contributed by atoms with Crippen molar-refractivity contribution in [2.45, 2.75) is 24.9 Å². The van der Waals surface area contributed by atoms with Gasteiger partial charge in [0.1, 0.15) is 27.5 Å². The lowest BCUT2D eigenvalue weighted by Gasteiger charge is -2.31. The number of rotatable bonds is 1. The van der Waals surface area contributed by atoms with Gasteiger partial charge in [0.05, 0.1) is 17.2 Å². The van der Waals surface area contributed by atoms with Crippen LogP contribution in [0.15, 0.2) is 12.1 Å². The Morgan fingerprint density at radius 1 is 1.19 bits per heavy atom. The van der Waals surface area contributed by atoms with E-state index in [9.17, 15) is 22.0 Å². The summed E-state index contributed by atoms with van der Waals surface area (Å²) in [7, 11) is -3.09. The minimum absolute atomic E-state index is 0.0187. The number of anilines is 1. The van der Waals surface area contributed by atoms with Gasteiger partial charge >= 0.3 is 0 Å². The summed E-state index contributed by atoms with van der Waals surface area (Å²) in [5.41, 5.74) is 5.82. The quantitative estimate of drug-likeness (QED) is 0.834. The topological polar surface area (TPSA) is 80.5 Å². The molecule has 3 rings (SSSR count). The van der Waals surface area contributed by atoms with Crippen molar-refractivity contribution < 1.29 is 22.0 Å². The number of hydrogen-bond donors (Lipinski definition) is 1. The van der Waals surface area contributed by atoms with Crippen molar-refractivity contribution >= 4 is 21.4 Å². The number of fused-ring (bicyclic) bond motifs is 1.